The summed E-state index contributed by atoms with van der Waals surface area (Å²) in [4.78, 5) is 15.7. The first kappa shape index (κ1) is 22.5. The van der Waals surface area contributed by atoms with Crippen molar-refractivity contribution in [3.8, 4) is 5.75 Å². The van der Waals surface area contributed by atoms with E-state index in [9.17, 15) is 4.79 Å². The van der Waals surface area contributed by atoms with Crippen molar-refractivity contribution in [3.05, 3.63) is 95.1 Å². The maximum Gasteiger partial charge on any atom is 0.251 e. The maximum absolute atomic E-state index is 13.2. The third-order valence-corrected chi connectivity index (χ3v) is 9.19. The van der Waals surface area contributed by atoms with Crippen molar-refractivity contribution in [1.29, 1.82) is 5.41 Å². The Bertz CT molecular complexity index is 1380. The Morgan fingerprint density at radius 2 is 1.78 bits per heavy atom. The van der Waals surface area contributed by atoms with Gasteiger partial charge in [-0.05, 0) is 80.3 Å². The van der Waals surface area contributed by atoms with Crippen LogP contribution in [0, 0.1) is 16.7 Å². The van der Waals surface area contributed by atoms with Gasteiger partial charge >= 0.3 is 0 Å². The molecule has 4 fully saturated rings. The highest BCUT2D eigenvalue weighted by atomic mass is 16.5. The molecule has 1 aliphatic heterocycles. The average molecular weight is 493 g/mol. The number of carbonyl (C=O) groups excluding carboxylic acids is 1. The minimum absolute atomic E-state index is 0.00144. The largest absolute Gasteiger partial charge is 0.490 e. The Morgan fingerprint density at radius 1 is 1.05 bits per heavy atom. The van der Waals surface area contributed by atoms with Crippen molar-refractivity contribution < 1.29 is 9.53 Å². The molecule has 3 saturated carbocycles. The Hall–Kier alpha value is -3.64. The predicted molar refractivity (Wildman–Crippen MR) is 144 cm³/mol. The van der Waals surface area contributed by atoms with E-state index in [2.05, 4.69) is 29.4 Å². The summed E-state index contributed by atoms with van der Waals surface area (Å²) in [7, 11) is 2.22. The molecule has 1 spiro atoms. The van der Waals surface area contributed by atoms with Crippen molar-refractivity contribution in [2.75, 3.05) is 12.8 Å². The normalized spacial score (nSPS) is 28.1. The molecular formula is C31H32N4O2. The van der Waals surface area contributed by atoms with Crippen molar-refractivity contribution in [3.63, 3.8) is 0 Å². The topological polar surface area (TPSA) is 91.4 Å². The van der Waals surface area contributed by atoms with Crippen molar-refractivity contribution in [2.24, 2.45) is 11.3 Å². The number of hydrogen-bond acceptors (Lipinski definition) is 5. The van der Waals surface area contributed by atoms with E-state index < -0.39 is 0 Å². The van der Waals surface area contributed by atoms with Gasteiger partial charge in [0.1, 0.15) is 11.9 Å². The SMILES string of the molecule is CN1C2CC(Oc3ccc(C(=N)c4cc(C(=O)N[C@@H](c5ccccc5)C5CC5)ccc4N)cc3)C23CC13. The number of benzene rings is 3. The van der Waals surface area contributed by atoms with Crippen LogP contribution in [0.2, 0.25) is 0 Å². The number of likely N-dealkylation sites (tertiary alicyclic amines) is 1. The van der Waals surface area contributed by atoms with Crippen molar-refractivity contribution in [2.45, 2.75) is 49.9 Å². The summed E-state index contributed by atoms with van der Waals surface area (Å²) < 4.78 is 6.31. The zero-order valence-corrected chi connectivity index (χ0v) is 21.0. The molecule has 4 unspecified atom stereocenters. The number of nitrogens with one attached hydrogen (secondary N) is 2. The minimum Gasteiger partial charge on any atom is -0.490 e. The molecule has 0 bridgehead atoms. The molecule has 3 aromatic carbocycles. The van der Waals surface area contributed by atoms with E-state index in [1.54, 1.807) is 18.2 Å². The first-order valence-corrected chi connectivity index (χ1v) is 13.3. The van der Waals surface area contributed by atoms with E-state index in [1.165, 1.54) is 6.42 Å². The van der Waals surface area contributed by atoms with Crippen LogP contribution < -0.4 is 15.8 Å². The first-order chi connectivity index (χ1) is 18.0. The number of anilines is 1. The Morgan fingerprint density at radius 3 is 2.46 bits per heavy atom. The molecule has 37 heavy (non-hydrogen) atoms. The van der Waals surface area contributed by atoms with Crippen LogP contribution in [0.5, 0.6) is 5.75 Å². The van der Waals surface area contributed by atoms with E-state index >= 15 is 0 Å². The highest BCUT2D eigenvalue weighted by Gasteiger charge is 2.81. The van der Waals surface area contributed by atoms with Crippen LogP contribution in [-0.2, 0) is 0 Å². The summed E-state index contributed by atoms with van der Waals surface area (Å²) in [6.45, 7) is 0. The first-order valence-electron chi connectivity index (χ1n) is 13.3. The van der Waals surface area contributed by atoms with Gasteiger partial charge in [0.2, 0.25) is 0 Å². The van der Waals surface area contributed by atoms with Gasteiger partial charge in [0.25, 0.3) is 5.91 Å². The molecule has 3 aliphatic carbocycles. The lowest BCUT2D eigenvalue weighted by Crippen LogP contribution is -2.69. The second-order valence-corrected chi connectivity index (χ2v) is 11.3. The van der Waals surface area contributed by atoms with Gasteiger partial charge in [-0.1, -0.05) is 30.3 Å². The van der Waals surface area contributed by atoms with E-state index in [4.69, 9.17) is 15.9 Å². The monoisotopic (exact) mass is 492 g/mol. The molecule has 188 valence electrons. The standard InChI is InChI=1S/C31H32N4O2/c1-35-25-16-27(31(25)17-26(31)35)37-22-12-9-18(10-13-22)28(33)23-15-21(11-14-24(23)32)30(36)34-29(20-7-8-20)19-5-3-2-4-6-19/h2-6,9-15,20,25-27,29,33H,7-8,16-17,32H2,1H3,(H,34,36)/t25?,26?,27?,29-,31?/m0/s1. The lowest BCUT2D eigenvalue weighted by molar-refractivity contribution is -0.136. The summed E-state index contributed by atoms with van der Waals surface area (Å²) in [6.07, 6.45) is 4.92. The number of hydrogen-bond donors (Lipinski definition) is 3. The minimum atomic E-state index is -0.142. The highest BCUT2D eigenvalue weighted by molar-refractivity contribution is 6.14. The molecule has 4 N–H and O–H groups in total. The molecule has 1 saturated heterocycles. The number of amides is 1. The fourth-order valence-electron chi connectivity index (χ4n) is 6.76. The highest BCUT2D eigenvalue weighted by Crippen LogP contribution is 2.73. The summed E-state index contributed by atoms with van der Waals surface area (Å²) >= 11 is 0. The quantitative estimate of drug-likeness (QED) is 0.311. The number of ether oxygens (including phenoxy) is 1. The van der Waals surface area contributed by atoms with E-state index in [0.29, 0.717) is 52.0 Å². The van der Waals surface area contributed by atoms with Crippen molar-refractivity contribution in [1.82, 2.24) is 10.2 Å². The lowest BCUT2D eigenvalue weighted by atomic mass is 9.66. The molecule has 0 aromatic heterocycles. The van der Waals surface area contributed by atoms with Crippen LogP contribution in [-0.4, -0.2) is 41.8 Å². The molecule has 4 aliphatic rings. The van der Waals surface area contributed by atoms with Gasteiger partial charge in [0, 0.05) is 46.3 Å². The third-order valence-electron chi connectivity index (χ3n) is 9.19. The van der Waals surface area contributed by atoms with E-state index in [1.807, 2.05) is 42.5 Å². The maximum atomic E-state index is 13.2. The summed E-state index contributed by atoms with van der Waals surface area (Å²) in [5.41, 5.74) is 10.4. The van der Waals surface area contributed by atoms with Gasteiger partial charge in [0.05, 0.1) is 11.8 Å². The number of nitrogen functional groups attached to an aromatic ring is 1. The van der Waals surface area contributed by atoms with Crippen LogP contribution in [0.25, 0.3) is 0 Å². The lowest BCUT2D eigenvalue weighted by Gasteiger charge is -2.58. The molecule has 1 heterocycles. The molecule has 0 radical (unpaired) electrons. The van der Waals surface area contributed by atoms with Crippen LogP contribution in [0.15, 0.2) is 72.8 Å². The van der Waals surface area contributed by atoms with Gasteiger partial charge in [0.15, 0.2) is 0 Å². The Kier molecular flexibility index (Phi) is 4.99. The summed E-state index contributed by atoms with van der Waals surface area (Å²) in [5, 5.41) is 12.1. The summed E-state index contributed by atoms with van der Waals surface area (Å²) in [5.74, 6) is 1.18. The molecule has 5 atom stereocenters. The molecular weight excluding hydrogens is 460 g/mol. The van der Waals surface area contributed by atoms with E-state index in [-0.39, 0.29) is 11.9 Å². The zero-order chi connectivity index (χ0) is 25.3. The smallest absolute Gasteiger partial charge is 0.251 e. The van der Waals surface area contributed by atoms with Crippen LogP contribution >= 0.6 is 0 Å². The van der Waals surface area contributed by atoms with Gasteiger partial charge in [-0.3, -0.25) is 15.1 Å². The number of piperidine rings is 1. The second kappa shape index (κ2) is 8.18. The van der Waals surface area contributed by atoms with Gasteiger partial charge in [-0.2, -0.15) is 0 Å². The van der Waals surface area contributed by atoms with Gasteiger partial charge < -0.3 is 15.8 Å². The summed E-state index contributed by atoms with van der Waals surface area (Å²) in [6, 6.07) is 24.5. The number of nitrogens with zero attached hydrogens (tertiary/aromatic N) is 1. The fourth-order valence-corrected chi connectivity index (χ4v) is 6.76. The van der Waals surface area contributed by atoms with Crippen LogP contribution in [0.4, 0.5) is 5.69 Å². The van der Waals surface area contributed by atoms with Gasteiger partial charge in [-0.15, -0.1) is 0 Å². The fraction of sp³-hybridized carbons (Fsp3) is 0.355. The van der Waals surface area contributed by atoms with E-state index in [0.717, 1.165) is 36.1 Å². The van der Waals surface area contributed by atoms with Crippen LogP contribution in [0.1, 0.15) is 58.8 Å². The average Bonchev–Trinajstić information content (AvgIpc) is 3.84. The number of rotatable bonds is 8. The Balaban J connectivity index is 1.05. The van der Waals surface area contributed by atoms with Gasteiger partial charge in [-0.25, -0.2) is 0 Å². The van der Waals surface area contributed by atoms with Crippen molar-refractivity contribution >= 4 is 17.3 Å². The zero-order valence-electron chi connectivity index (χ0n) is 21.0. The molecule has 6 heteroatoms. The predicted octanol–water partition coefficient (Wildman–Crippen LogP) is 4.79. The van der Waals surface area contributed by atoms with Crippen LogP contribution in [0.3, 0.4) is 0 Å². The molecule has 3 aromatic rings. The number of carbonyl (C=O) groups is 1. The number of nitrogens with two attached hydrogens (primary N) is 1. The third kappa shape index (κ3) is 3.57. The Labute approximate surface area is 217 Å². The molecule has 7 rings (SSSR count). The second-order valence-electron chi connectivity index (χ2n) is 11.3. The molecule has 6 nitrogen and oxygen atoms in total. The molecule has 1 amide bonds.